The Morgan fingerprint density at radius 1 is 1.20 bits per heavy atom. The lowest BCUT2D eigenvalue weighted by molar-refractivity contribution is -0.384. The van der Waals surface area contributed by atoms with Crippen LogP contribution in [0.4, 0.5) is 11.4 Å². The van der Waals surface area contributed by atoms with Crippen LogP contribution in [-0.2, 0) is 4.79 Å². The monoisotopic (exact) mass is 423 g/mol. The highest BCUT2D eigenvalue weighted by atomic mass is 32.2. The van der Waals surface area contributed by atoms with Gasteiger partial charge in [-0.15, -0.1) is 10.2 Å². The van der Waals surface area contributed by atoms with E-state index in [-0.39, 0.29) is 17.3 Å². The van der Waals surface area contributed by atoms with Gasteiger partial charge in [0.2, 0.25) is 5.91 Å². The molecule has 1 heterocycles. The minimum Gasteiger partial charge on any atom is -0.325 e. The van der Waals surface area contributed by atoms with Crippen LogP contribution in [0, 0.1) is 24.0 Å². The first-order valence-corrected chi connectivity index (χ1v) is 10.6. The first kappa shape index (κ1) is 20.1. The molecule has 4 rings (SSSR count). The van der Waals surface area contributed by atoms with Crippen LogP contribution in [0.1, 0.15) is 30.0 Å². The fourth-order valence-corrected chi connectivity index (χ4v) is 3.97. The summed E-state index contributed by atoms with van der Waals surface area (Å²) in [6.45, 7) is 4.00. The summed E-state index contributed by atoms with van der Waals surface area (Å²) in [5.41, 5.74) is 3.80. The molecule has 0 spiro atoms. The molecule has 0 bridgehead atoms. The SMILES string of the molecule is Cc1cccc(NC(=O)CSc2nnc(-c3ccc([N+](=O)[O-])cc3)n2C2CC2)c1C. The van der Waals surface area contributed by atoms with E-state index in [1.165, 1.54) is 23.9 Å². The molecule has 0 saturated heterocycles. The van der Waals surface area contributed by atoms with Gasteiger partial charge in [-0.05, 0) is 56.0 Å². The number of anilines is 1. The van der Waals surface area contributed by atoms with Crippen LogP contribution in [0.25, 0.3) is 11.4 Å². The second-order valence-corrected chi connectivity index (χ2v) is 8.24. The fraction of sp³-hybridized carbons (Fsp3) is 0.286. The van der Waals surface area contributed by atoms with Crippen molar-refractivity contribution in [1.29, 1.82) is 0 Å². The lowest BCUT2D eigenvalue weighted by Gasteiger charge is -2.11. The zero-order valence-electron chi connectivity index (χ0n) is 16.7. The van der Waals surface area contributed by atoms with Gasteiger partial charge in [0.05, 0.1) is 10.7 Å². The number of thioether (sulfide) groups is 1. The number of amides is 1. The molecule has 1 saturated carbocycles. The zero-order chi connectivity index (χ0) is 21.3. The number of benzene rings is 2. The molecule has 1 N–H and O–H groups in total. The molecule has 1 fully saturated rings. The fourth-order valence-electron chi connectivity index (χ4n) is 3.17. The van der Waals surface area contributed by atoms with Gasteiger partial charge < -0.3 is 5.32 Å². The predicted octanol–water partition coefficient (Wildman–Crippen LogP) is 4.54. The highest BCUT2D eigenvalue weighted by Gasteiger charge is 2.30. The van der Waals surface area contributed by atoms with Crippen molar-refractivity contribution in [3.63, 3.8) is 0 Å². The van der Waals surface area contributed by atoms with Crippen molar-refractivity contribution < 1.29 is 9.72 Å². The topological polar surface area (TPSA) is 103 Å². The summed E-state index contributed by atoms with van der Waals surface area (Å²) < 4.78 is 2.04. The van der Waals surface area contributed by atoms with Crippen molar-refractivity contribution >= 4 is 29.0 Å². The minimum absolute atomic E-state index is 0.0361. The number of nitrogens with zero attached hydrogens (tertiary/aromatic N) is 4. The van der Waals surface area contributed by atoms with Crippen LogP contribution < -0.4 is 5.32 Å². The number of non-ortho nitro benzene ring substituents is 1. The molecule has 0 aliphatic heterocycles. The Bertz CT molecular complexity index is 1110. The number of carbonyl (C=O) groups excluding carboxylic acids is 1. The molecule has 2 aromatic carbocycles. The number of rotatable bonds is 7. The maximum absolute atomic E-state index is 12.5. The lowest BCUT2D eigenvalue weighted by atomic mass is 10.1. The van der Waals surface area contributed by atoms with Gasteiger partial charge in [-0.25, -0.2) is 0 Å². The van der Waals surface area contributed by atoms with Crippen molar-refractivity contribution in [2.24, 2.45) is 0 Å². The lowest BCUT2D eigenvalue weighted by Crippen LogP contribution is -2.15. The van der Waals surface area contributed by atoms with E-state index < -0.39 is 4.92 Å². The standard InChI is InChI=1S/C21H21N5O3S/c1-13-4-3-5-18(14(13)2)22-19(27)12-30-21-24-23-20(25(21)16-10-11-16)15-6-8-17(9-7-15)26(28)29/h3-9,16H,10-12H2,1-2H3,(H,22,27). The second-order valence-electron chi connectivity index (χ2n) is 7.30. The Hall–Kier alpha value is -3.20. The molecular formula is C21H21N5O3S. The summed E-state index contributed by atoms with van der Waals surface area (Å²) in [6, 6.07) is 12.4. The largest absolute Gasteiger partial charge is 0.325 e. The molecule has 1 amide bonds. The molecule has 30 heavy (non-hydrogen) atoms. The number of nitro benzene ring substituents is 1. The Kier molecular flexibility index (Phi) is 5.54. The van der Waals surface area contributed by atoms with Gasteiger partial charge in [-0.2, -0.15) is 0 Å². The number of carbonyl (C=O) groups is 1. The molecular weight excluding hydrogens is 402 g/mol. The Morgan fingerprint density at radius 2 is 1.93 bits per heavy atom. The van der Waals surface area contributed by atoms with E-state index in [0.717, 1.165) is 35.2 Å². The van der Waals surface area contributed by atoms with Crippen LogP contribution in [0.5, 0.6) is 0 Å². The Morgan fingerprint density at radius 3 is 2.60 bits per heavy atom. The van der Waals surface area contributed by atoms with E-state index in [9.17, 15) is 14.9 Å². The molecule has 1 aromatic heterocycles. The maximum Gasteiger partial charge on any atom is 0.269 e. The summed E-state index contributed by atoms with van der Waals surface area (Å²) in [5.74, 6) is 0.791. The van der Waals surface area contributed by atoms with Crippen LogP contribution >= 0.6 is 11.8 Å². The average Bonchev–Trinajstić information content (AvgIpc) is 3.49. The van der Waals surface area contributed by atoms with E-state index in [0.29, 0.717) is 17.0 Å². The first-order valence-electron chi connectivity index (χ1n) is 9.62. The molecule has 9 heteroatoms. The van der Waals surface area contributed by atoms with Crippen LogP contribution in [-0.4, -0.2) is 31.3 Å². The summed E-state index contributed by atoms with van der Waals surface area (Å²) in [6.07, 6.45) is 2.06. The average molecular weight is 423 g/mol. The first-order chi connectivity index (χ1) is 14.4. The van der Waals surface area contributed by atoms with Crippen LogP contribution in [0.15, 0.2) is 47.6 Å². The molecule has 3 aromatic rings. The van der Waals surface area contributed by atoms with Crippen molar-refractivity contribution in [2.45, 2.75) is 37.9 Å². The van der Waals surface area contributed by atoms with Crippen molar-refractivity contribution in [2.75, 3.05) is 11.1 Å². The van der Waals surface area contributed by atoms with Gasteiger partial charge >= 0.3 is 0 Å². The minimum atomic E-state index is -0.425. The molecule has 1 aliphatic carbocycles. The van der Waals surface area contributed by atoms with Crippen molar-refractivity contribution in [1.82, 2.24) is 14.8 Å². The summed E-state index contributed by atoms with van der Waals surface area (Å²) in [5, 5.41) is 23.1. The number of aromatic nitrogens is 3. The highest BCUT2D eigenvalue weighted by Crippen LogP contribution is 2.41. The quantitative estimate of drug-likeness (QED) is 0.340. The molecule has 0 unspecified atom stereocenters. The van der Waals surface area contributed by atoms with E-state index in [2.05, 4.69) is 15.5 Å². The number of hydrogen-bond acceptors (Lipinski definition) is 6. The van der Waals surface area contributed by atoms with Crippen molar-refractivity contribution in [3.8, 4) is 11.4 Å². The smallest absolute Gasteiger partial charge is 0.269 e. The second kappa shape index (κ2) is 8.27. The predicted molar refractivity (Wildman–Crippen MR) is 116 cm³/mol. The Balaban J connectivity index is 1.49. The van der Waals surface area contributed by atoms with Gasteiger partial charge in [0.15, 0.2) is 11.0 Å². The normalized spacial score (nSPS) is 13.3. The summed E-state index contributed by atoms with van der Waals surface area (Å²) >= 11 is 1.35. The van der Waals surface area contributed by atoms with E-state index >= 15 is 0 Å². The van der Waals surface area contributed by atoms with E-state index in [1.807, 2.05) is 36.6 Å². The van der Waals surface area contributed by atoms with Gasteiger partial charge in [-0.3, -0.25) is 19.5 Å². The highest BCUT2D eigenvalue weighted by molar-refractivity contribution is 7.99. The van der Waals surface area contributed by atoms with Gasteiger partial charge in [-0.1, -0.05) is 23.9 Å². The maximum atomic E-state index is 12.5. The number of nitrogens with one attached hydrogen (secondary N) is 1. The van der Waals surface area contributed by atoms with E-state index in [1.54, 1.807) is 12.1 Å². The van der Waals surface area contributed by atoms with Gasteiger partial charge in [0.25, 0.3) is 5.69 Å². The third kappa shape index (κ3) is 4.20. The number of nitro groups is 1. The molecule has 8 nitrogen and oxygen atoms in total. The third-order valence-corrected chi connectivity index (χ3v) is 6.07. The summed E-state index contributed by atoms with van der Waals surface area (Å²) in [7, 11) is 0. The number of hydrogen-bond donors (Lipinski definition) is 1. The molecule has 154 valence electrons. The number of aryl methyl sites for hydroxylation is 1. The molecule has 0 radical (unpaired) electrons. The van der Waals surface area contributed by atoms with Crippen LogP contribution in [0.3, 0.4) is 0 Å². The van der Waals surface area contributed by atoms with Gasteiger partial charge in [0, 0.05) is 29.4 Å². The third-order valence-electron chi connectivity index (χ3n) is 5.12. The Labute approximate surface area is 177 Å². The van der Waals surface area contributed by atoms with Crippen molar-refractivity contribution in [3.05, 3.63) is 63.7 Å². The zero-order valence-corrected chi connectivity index (χ0v) is 17.5. The molecule has 0 atom stereocenters. The summed E-state index contributed by atoms with van der Waals surface area (Å²) in [4.78, 5) is 22.9. The van der Waals surface area contributed by atoms with E-state index in [4.69, 9.17) is 0 Å². The molecule has 1 aliphatic rings. The van der Waals surface area contributed by atoms with Gasteiger partial charge in [0.1, 0.15) is 0 Å². The van der Waals surface area contributed by atoms with Crippen LogP contribution in [0.2, 0.25) is 0 Å².